The molecule has 0 radical (unpaired) electrons. The highest BCUT2D eigenvalue weighted by Crippen LogP contribution is 2.65. The molecule has 4 nitrogen and oxygen atoms in total. The number of imide groups is 1. The van der Waals surface area contributed by atoms with E-state index in [1.165, 1.54) is 11.3 Å². The van der Waals surface area contributed by atoms with Gasteiger partial charge in [0, 0.05) is 0 Å². The van der Waals surface area contributed by atoms with Crippen LogP contribution in [-0.2, 0) is 9.59 Å². The van der Waals surface area contributed by atoms with Crippen LogP contribution >= 0.6 is 0 Å². The number of anilines is 1. The van der Waals surface area contributed by atoms with Crippen molar-refractivity contribution < 1.29 is 14.3 Å². The number of allylic oxidation sites excluding steroid dienone is 2. The second-order valence-electron chi connectivity index (χ2n) is 6.86. The van der Waals surface area contributed by atoms with E-state index in [2.05, 4.69) is 12.2 Å². The summed E-state index contributed by atoms with van der Waals surface area (Å²) in [6, 6.07) is 7.18. The third kappa shape index (κ3) is 1.38. The van der Waals surface area contributed by atoms with Crippen molar-refractivity contribution in [1.82, 2.24) is 0 Å². The van der Waals surface area contributed by atoms with Crippen molar-refractivity contribution in [3.63, 3.8) is 0 Å². The number of benzene rings is 1. The van der Waals surface area contributed by atoms with Crippen LogP contribution in [0.25, 0.3) is 0 Å². The molecule has 1 aromatic carbocycles. The van der Waals surface area contributed by atoms with Gasteiger partial charge in [-0.3, -0.25) is 14.5 Å². The molecule has 1 aromatic rings. The van der Waals surface area contributed by atoms with Gasteiger partial charge in [0.25, 0.3) is 0 Å². The van der Waals surface area contributed by atoms with Crippen molar-refractivity contribution >= 4 is 17.5 Å². The van der Waals surface area contributed by atoms with Gasteiger partial charge in [-0.25, -0.2) is 0 Å². The van der Waals surface area contributed by atoms with Crippen LogP contribution in [-0.4, -0.2) is 18.9 Å². The largest absolute Gasteiger partial charge is 0.497 e. The van der Waals surface area contributed by atoms with Crippen molar-refractivity contribution in [2.24, 2.45) is 35.5 Å². The minimum Gasteiger partial charge on any atom is -0.497 e. The maximum atomic E-state index is 12.9. The van der Waals surface area contributed by atoms with Crippen LogP contribution in [0.1, 0.15) is 6.42 Å². The molecule has 2 bridgehead atoms. The summed E-state index contributed by atoms with van der Waals surface area (Å²) in [6.07, 6.45) is 5.59. The second-order valence-corrected chi connectivity index (χ2v) is 6.86. The van der Waals surface area contributed by atoms with E-state index in [-0.39, 0.29) is 35.5 Å². The first-order valence-corrected chi connectivity index (χ1v) is 7.91. The van der Waals surface area contributed by atoms with E-state index in [0.29, 0.717) is 17.5 Å². The maximum Gasteiger partial charge on any atom is 0.238 e. The lowest BCUT2D eigenvalue weighted by Gasteiger charge is -2.37. The zero-order valence-electron chi connectivity index (χ0n) is 12.3. The van der Waals surface area contributed by atoms with Crippen LogP contribution in [0.3, 0.4) is 0 Å². The van der Waals surface area contributed by atoms with E-state index in [9.17, 15) is 9.59 Å². The predicted molar refractivity (Wildman–Crippen MR) is 80.2 cm³/mol. The molecule has 0 unspecified atom stereocenters. The first-order chi connectivity index (χ1) is 10.7. The average molecular weight is 295 g/mol. The molecule has 2 saturated carbocycles. The lowest BCUT2D eigenvalue weighted by Crippen LogP contribution is -2.40. The highest BCUT2D eigenvalue weighted by atomic mass is 16.5. The van der Waals surface area contributed by atoms with Crippen molar-refractivity contribution in [2.75, 3.05) is 12.0 Å². The first kappa shape index (κ1) is 12.4. The Hall–Kier alpha value is -2.10. The van der Waals surface area contributed by atoms with E-state index in [4.69, 9.17) is 4.74 Å². The molecular formula is C18H17NO3. The van der Waals surface area contributed by atoms with E-state index >= 15 is 0 Å². The predicted octanol–water partition coefficient (Wildman–Crippen LogP) is 2.25. The average Bonchev–Trinajstić information content (AvgIpc) is 3.32. The van der Waals surface area contributed by atoms with Gasteiger partial charge in [-0.15, -0.1) is 0 Å². The lowest BCUT2D eigenvalue weighted by molar-refractivity contribution is -0.124. The van der Waals surface area contributed by atoms with Gasteiger partial charge in [0.2, 0.25) is 11.8 Å². The third-order valence-corrected chi connectivity index (χ3v) is 5.99. The van der Waals surface area contributed by atoms with Gasteiger partial charge in [0.15, 0.2) is 0 Å². The second kappa shape index (κ2) is 4.00. The molecule has 1 heterocycles. The fourth-order valence-corrected chi connectivity index (χ4v) is 4.94. The minimum atomic E-state index is -0.131. The van der Waals surface area contributed by atoms with Crippen LogP contribution in [0, 0.1) is 35.5 Å². The SMILES string of the molecule is COc1ccc(N2C(=O)[C@@H]3[C@H]4C=C[C@H]([C@@H]5C[C@H]45)[C@@H]3C2=O)cc1. The van der Waals surface area contributed by atoms with Gasteiger partial charge in [0.1, 0.15) is 5.75 Å². The van der Waals surface area contributed by atoms with Gasteiger partial charge in [-0.2, -0.15) is 0 Å². The summed E-state index contributed by atoms with van der Waals surface area (Å²) in [7, 11) is 1.60. The fraction of sp³-hybridized carbons (Fsp3) is 0.444. The number of methoxy groups -OCH3 is 1. The molecule has 112 valence electrons. The molecule has 0 aromatic heterocycles. The summed E-state index contributed by atoms with van der Waals surface area (Å²) in [6.45, 7) is 0. The Bertz CT molecular complexity index is 672. The Morgan fingerprint density at radius 3 is 2.00 bits per heavy atom. The number of carbonyl (C=O) groups excluding carboxylic acids is 2. The van der Waals surface area contributed by atoms with Crippen molar-refractivity contribution in [2.45, 2.75) is 6.42 Å². The van der Waals surface area contributed by atoms with E-state index in [1.54, 1.807) is 31.4 Å². The molecule has 4 heteroatoms. The Kier molecular flexibility index (Phi) is 2.26. The summed E-state index contributed by atoms with van der Waals surface area (Å²) in [5, 5.41) is 0. The molecule has 3 fully saturated rings. The summed E-state index contributed by atoms with van der Waals surface area (Å²) in [5.41, 5.74) is 0.665. The molecule has 1 saturated heterocycles. The fourth-order valence-electron chi connectivity index (χ4n) is 4.94. The number of hydrogen-bond acceptors (Lipinski definition) is 3. The first-order valence-electron chi connectivity index (χ1n) is 7.91. The zero-order chi connectivity index (χ0) is 15.0. The highest BCUT2D eigenvalue weighted by molar-refractivity contribution is 6.22. The van der Waals surface area contributed by atoms with Crippen LogP contribution < -0.4 is 9.64 Å². The van der Waals surface area contributed by atoms with Gasteiger partial charge in [-0.1, -0.05) is 12.2 Å². The van der Waals surface area contributed by atoms with Crippen LogP contribution in [0.2, 0.25) is 0 Å². The minimum absolute atomic E-state index is 0.00938. The number of ether oxygens (including phenoxy) is 1. The Morgan fingerprint density at radius 2 is 1.50 bits per heavy atom. The van der Waals surface area contributed by atoms with Crippen LogP contribution in [0.15, 0.2) is 36.4 Å². The number of carbonyl (C=O) groups is 2. The molecular weight excluding hydrogens is 278 g/mol. The van der Waals surface area contributed by atoms with Crippen LogP contribution in [0.5, 0.6) is 5.75 Å². The molecule has 0 N–H and O–H groups in total. The van der Waals surface area contributed by atoms with E-state index in [0.717, 1.165) is 5.75 Å². The Balaban J connectivity index is 1.54. The maximum absolute atomic E-state index is 12.9. The normalized spacial score (nSPS) is 40.7. The van der Waals surface area contributed by atoms with Crippen molar-refractivity contribution in [1.29, 1.82) is 0 Å². The summed E-state index contributed by atoms with van der Waals surface area (Å²) in [5.74, 6) is 2.28. The Labute approximate surface area is 128 Å². The Morgan fingerprint density at radius 1 is 0.955 bits per heavy atom. The quantitative estimate of drug-likeness (QED) is 0.621. The molecule has 4 aliphatic carbocycles. The monoisotopic (exact) mass is 295 g/mol. The number of hydrogen-bond donors (Lipinski definition) is 0. The van der Waals surface area contributed by atoms with E-state index in [1.807, 2.05) is 0 Å². The van der Waals surface area contributed by atoms with Crippen molar-refractivity contribution in [3.8, 4) is 5.75 Å². The summed E-state index contributed by atoms with van der Waals surface area (Å²) < 4.78 is 5.15. The summed E-state index contributed by atoms with van der Waals surface area (Å²) in [4.78, 5) is 27.2. The molecule has 2 amide bonds. The molecule has 6 rings (SSSR count). The van der Waals surface area contributed by atoms with E-state index < -0.39 is 0 Å². The van der Waals surface area contributed by atoms with Gasteiger partial charge >= 0.3 is 0 Å². The number of rotatable bonds is 2. The van der Waals surface area contributed by atoms with Gasteiger partial charge < -0.3 is 4.74 Å². The molecule has 5 aliphatic rings. The third-order valence-electron chi connectivity index (χ3n) is 5.99. The zero-order valence-corrected chi connectivity index (χ0v) is 12.3. The van der Waals surface area contributed by atoms with Gasteiger partial charge in [0.05, 0.1) is 24.6 Å². The lowest BCUT2D eigenvalue weighted by atomic mass is 9.63. The standard InChI is InChI=1S/C18H17NO3/c1-22-10-4-2-9(3-5-10)19-17(20)15-11-6-7-12(14-8-13(11)14)16(15)18(19)21/h2-7,11-16H,8H2,1H3/t11-,12+,13+,14-,15+,16-. The molecule has 6 atom stereocenters. The topological polar surface area (TPSA) is 46.6 Å². The molecule has 1 aliphatic heterocycles. The van der Waals surface area contributed by atoms with Gasteiger partial charge in [-0.05, 0) is 54.4 Å². The summed E-state index contributed by atoms with van der Waals surface area (Å²) >= 11 is 0. The van der Waals surface area contributed by atoms with Crippen LogP contribution in [0.4, 0.5) is 5.69 Å². The molecule has 0 spiro atoms. The molecule has 22 heavy (non-hydrogen) atoms. The smallest absolute Gasteiger partial charge is 0.238 e. The highest BCUT2D eigenvalue weighted by Gasteiger charge is 2.67. The number of nitrogens with zero attached hydrogens (tertiary/aromatic N) is 1. The number of amides is 2. The van der Waals surface area contributed by atoms with Crippen molar-refractivity contribution in [3.05, 3.63) is 36.4 Å².